The highest BCUT2D eigenvalue weighted by atomic mass is 16.3. The normalized spacial score (nSPS) is 17.0. The average molecular weight is 319 g/mol. The van der Waals surface area contributed by atoms with Gasteiger partial charge in [-0.05, 0) is 37.3 Å². The molecule has 2 rings (SSSR count). The van der Waals surface area contributed by atoms with Crippen LogP contribution >= 0.6 is 0 Å². The first-order valence-corrected chi connectivity index (χ1v) is 8.73. The van der Waals surface area contributed by atoms with Gasteiger partial charge in [-0.25, -0.2) is 4.98 Å². The molecule has 0 bridgehead atoms. The molecule has 1 aliphatic rings. The lowest BCUT2D eigenvalue weighted by Crippen LogP contribution is -2.33. The summed E-state index contributed by atoms with van der Waals surface area (Å²) in [5, 5.41) is 12.6. The number of amides is 1. The lowest BCUT2D eigenvalue weighted by molar-refractivity contribution is 0.0900. The summed E-state index contributed by atoms with van der Waals surface area (Å²) in [5.74, 6) is 1.18. The minimum absolute atomic E-state index is 0.178. The first-order chi connectivity index (χ1) is 11.1. The number of anilines is 1. The Labute approximate surface area is 139 Å². The van der Waals surface area contributed by atoms with Crippen LogP contribution in [0, 0.1) is 5.92 Å². The number of rotatable bonds is 6. The van der Waals surface area contributed by atoms with E-state index in [-0.39, 0.29) is 12.5 Å². The predicted octanol–water partition coefficient (Wildman–Crippen LogP) is 2.60. The van der Waals surface area contributed by atoms with E-state index in [1.54, 1.807) is 6.20 Å². The van der Waals surface area contributed by atoms with E-state index >= 15 is 0 Å². The third kappa shape index (κ3) is 5.82. The molecule has 1 aliphatic heterocycles. The van der Waals surface area contributed by atoms with Gasteiger partial charge >= 0.3 is 0 Å². The van der Waals surface area contributed by atoms with Crippen LogP contribution in [0.5, 0.6) is 0 Å². The van der Waals surface area contributed by atoms with Gasteiger partial charge in [0.15, 0.2) is 0 Å². The fourth-order valence-corrected chi connectivity index (χ4v) is 2.95. The van der Waals surface area contributed by atoms with E-state index in [2.05, 4.69) is 29.0 Å². The van der Waals surface area contributed by atoms with Crippen LogP contribution in [0.15, 0.2) is 18.3 Å². The second-order valence-corrected chi connectivity index (χ2v) is 6.80. The summed E-state index contributed by atoms with van der Waals surface area (Å²) >= 11 is 0. The van der Waals surface area contributed by atoms with E-state index in [0.29, 0.717) is 17.9 Å². The summed E-state index contributed by atoms with van der Waals surface area (Å²) in [6.45, 7) is 6.47. The van der Waals surface area contributed by atoms with Crippen LogP contribution < -0.4 is 10.2 Å². The Morgan fingerprint density at radius 1 is 1.26 bits per heavy atom. The minimum Gasteiger partial charge on any atom is -0.391 e. The van der Waals surface area contributed by atoms with Crippen molar-refractivity contribution in [3.05, 3.63) is 23.9 Å². The molecule has 1 aromatic heterocycles. The number of carbonyl (C=O) groups excluding carboxylic acids is 1. The second-order valence-electron chi connectivity index (χ2n) is 6.80. The van der Waals surface area contributed by atoms with Crippen molar-refractivity contribution in [2.24, 2.45) is 5.92 Å². The van der Waals surface area contributed by atoms with Gasteiger partial charge in [-0.3, -0.25) is 4.79 Å². The van der Waals surface area contributed by atoms with Gasteiger partial charge in [0, 0.05) is 25.8 Å². The Morgan fingerprint density at radius 3 is 2.52 bits per heavy atom. The zero-order valence-electron chi connectivity index (χ0n) is 14.3. The Balaban J connectivity index is 1.87. The maximum atomic E-state index is 12.1. The molecule has 1 atom stereocenters. The van der Waals surface area contributed by atoms with Crippen LogP contribution in [0.3, 0.4) is 0 Å². The summed E-state index contributed by atoms with van der Waals surface area (Å²) in [6.07, 6.45) is 6.81. The van der Waals surface area contributed by atoms with Gasteiger partial charge in [-0.15, -0.1) is 0 Å². The Kier molecular flexibility index (Phi) is 6.84. The molecule has 128 valence electrons. The van der Waals surface area contributed by atoms with Gasteiger partial charge in [0.1, 0.15) is 5.82 Å². The van der Waals surface area contributed by atoms with Crippen molar-refractivity contribution in [2.45, 2.75) is 52.1 Å². The van der Waals surface area contributed by atoms with Crippen molar-refractivity contribution in [3.63, 3.8) is 0 Å². The molecular formula is C18H29N3O2. The molecule has 0 saturated carbocycles. The van der Waals surface area contributed by atoms with Crippen molar-refractivity contribution in [1.82, 2.24) is 10.3 Å². The summed E-state index contributed by atoms with van der Waals surface area (Å²) in [4.78, 5) is 18.8. The van der Waals surface area contributed by atoms with Gasteiger partial charge in [0.25, 0.3) is 5.91 Å². The summed E-state index contributed by atoms with van der Waals surface area (Å²) in [5.41, 5.74) is 0.542. The molecule has 2 heterocycles. The average Bonchev–Trinajstić information content (AvgIpc) is 2.81. The molecule has 1 unspecified atom stereocenters. The molecule has 1 aromatic rings. The monoisotopic (exact) mass is 319 g/mol. The zero-order valence-corrected chi connectivity index (χ0v) is 14.3. The molecule has 1 fully saturated rings. The van der Waals surface area contributed by atoms with E-state index in [4.69, 9.17) is 0 Å². The fraction of sp³-hybridized carbons (Fsp3) is 0.667. The number of pyridine rings is 1. The van der Waals surface area contributed by atoms with Gasteiger partial charge in [-0.1, -0.05) is 26.7 Å². The molecule has 1 amide bonds. The maximum absolute atomic E-state index is 12.1. The van der Waals surface area contributed by atoms with E-state index in [9.17, 15) is 9.90 Å². The number of hydrogen-bond acceptors (Lipinski definition) is 4. The van der Waals surface area contributed by atoms with Crippen LogP contribution in [0.4, 0.5) is 5.82 Å². The lowest BCUT2D eigenvalue weighted by Gasteiger charge is -2.21. The Morgan fingerprint density at radius 2 is 1.96 bits per heavy atom. The number of aromatic nitrogens is 1. The van der Waals surface area contributed by atoms with Crippen LogP contribution in [-0.2, 0) is 0 Å². The highest BCUT2D eigenvalue weighted by Crippen LogP contribution is 2.17. The first-order valence-electron chi connectivity index (χ1n) is 8.73. The van der Waals surface area contributed by atoms with E-state index < -0.39 is 6.10 Å². The third-order valence-corrected chi connectivity index (χ3v) is 4.18. The second kappa shape index (κ2) is 8.87. The van der Waals surface area contributed by atoms with Crippen molar-refractivity contribution >= 4 is 11.7 Å². The number of aliphatic hydroxyl groups is 1. The number of carbonyl (C=O) groups is 1. The molecular weight excluding hydrogens is 290 g/mol. The molecule has 1 saturated heterocycles. The molecule has 2 N–H and O–H groups in total. The van der Waals surface area contributed by atoms with E-state index in [0.717, 1.165) is 18.9 Å². The van der Waals surface area contributed by atoms with Gasteiger partial charge < -0.3 is 15.3 Å². The van der Waals surface area contributed by atoms with Gasteiger partial charge in [0.05, 0.1) is 11.7 Å². The third-order valence-electron chi connectivity index (χ3n) is 4.18. The van der Waals surface area contributed by atoms with Crippen LogP contribution in [0.25, 0.3) is 0 Å². The zero-order chi connectivity index (χ0) is 16.7. The molecule has 5 heteroatoms. The Hall–Kier alpha value is -1.62. The highest BCUT2D eigenvalue weighted by Gasteiger charge is 2.13. The maximum Gasteiger partial charge on any atom is 0.252 e. The summed E-state index contributed by atoms with van der Waals surface area (Å²) in [6, 6.07) is 3.74. The molecule has 0 aromatic carbocycles. The Bertz CT molecular complexity index is 480. The quantitative estimate of drug-likeness (QED) is 0.846. The van der Waals surface area contributed by atoms with E-state index in [1.165, 1.54) is 25.7 Å². The SMILES string of the molecule is CC(C)CC(O)CNC(=O)c1ccc(N2CCCCCC2)nc1. The fourth-order valence-electron chi connectivity index (χ4n) is 2.95. The number of aliphatic hydroxyl groups excluding tert-OH is 1. The molecule has 0 radical (unpaired) electrons. The van der Waals surface area contributed by atoms with Crippen LogP contribution in [0.1, 0.15) is 56.3 Å². The van der Waals surface area contributed by atoms with E-state index in [1.807, 2.05) is 12.1 Å². The largest absolute Gasteiger partial charge is 0.391 e. The molecule has 0 spiro atoms. The highest BCUT2D eigenvalue weighted by molar-refractivity contribution is 5.94. The van der Waals surface area contributed by atoms with Crippen LogP contribution in [-0.4, -0.2) is 41.7 Å². The lowest BCUT2D eigenvalue weighted by atomic mass is 10.1. The summed E-state index contributed by atoms with van der Waals surface area (Å²) < 4.78 is 0. The minimum atomic E-state index is -0.497. The van der Waals surface area contributed by atoms with Gasteiger partial charge in [0.2, 0.25) is 0 Å². The molecule has 5 nitrogen and oxygen atoms in total. The molecule has 23 heavy (non-hydrogen) atoms. The summed E-state index contributed by atoms with van der Waals surface area (Å²) in [7, 11) is 0. The van der Waals surface area contributed by atoms with Crippen molar-refractivity contribution in [3.8, 4) is 0 Å². The van der Waals surface area contributed by atoms with Crippen LogP contribution in [0.2, 0.25) is 0 Å². The van der Waals surface area contributed by atoms with Crippen molar-refractivity contribution < 1.29 is 9.90 Å². The topological polar surface area (TPSA) is 65.5 Å². The number of hydrogen-bond donors (Lipinski definition) is 2. The smallest absolute Gasteiger partial charge is 0.252 e. The predicted molar refractivity (Wildman–Crippen MR) is 92.7 cm³/mol. The van der Waals surface area contributed by atoms with Crippen molar-refractivity contribution in [2.75, 3.05) is 24.5 Å². The standard InChI is InChI=1S/C18H29N3O2/c1-14(2)11-16(22)13-20-18(23)15-7-8-17(19-12-15)21-9-5-3-4-6-10-21/h7-8,12,14,16,22H,3-6,9-11,13H2,1-2H3,(H,20,23). The number of nitrogens with one attached hydrogen (secondary N) is 1. The first kappa shape index (κ1) is 17.7. The molecule has 0 aliphatic carbocycles. The number of nitrogens with zero attached hydrogens (tertiary/aromatic N) is 2. The van der Waals surface area contributed by atoms with Gasteiger partial charge in [-0.2, -0.15) is 0 Å². The van der Waals surface area contributed by atoms with Crippen molar-refractivity contribution in [1.29, 1.82) is 0 Å².